The summed E-state index contributed by atoms with van der Waals surface area (Å²) in [5.74, 6) is 1.63. The molecule has 6 rings (SSSR count). The van der Waals surface area contributed by atoms with Crippen molar-refractivity contribution in [3.05, 3.63) is 65.7 Å². The molecule has 3 heterocycles. The maximum Gasteiger partial charge on any atom is 0.0470 e. The zero-order valence-electron chi connectivity index (χ0n) is 17.4. The molecule has 3 aliphatic heterocycles. The van der Waals surface area contributed by atoms with Gasteiger partial charge in [0.2, 0.25) is 0 Å². The van der Waals surface area contributed by atoms with Crippen LogP contribution >= 0.6 is 0 Å². The highest BCUT2D eigenvalue weighted by atomic mass is 15.3. The van der Waals surface area contributed by atoms with Gasteiger partial charge in [-0.2, -0.15) is 0 Å². The molecule has 0 aromatic heterocycles. The van der Waals surface area contributed by atoms with Crippen LogP contribution in [0.5, 0.6) is 0 Å². The van der Waals surface area contributed by atoms with Crippen LogP contribution in [0.2, 0.25) is 0 Å². The fourth-order valence-electron chi connectivity index (χ4n) is 7.11. The zero-order chi connectivity index (χ0) is 19.3. The predicted octanol–water partition coefficient (Wildman–Crippen LogP) is 4.25. The van der Waals surface area contributed by atoms with Gasteiger partial charge in [0.05, 0.1) is 0 Å². The van der Waals surface area contributed by atoms with E-state index in [4.69, 9.17) is 0 Å². The second-order valence-electron chi connectivity index (χ2n) is 9.72. The summed E-state index contributed by atoms with van der Waals surface area (Å²) in [5, 5.41) is 3.72. The summed E-state index contributed by atoms with van der Waals surface area (Å²) in [6.07, 6.45) is 6.56. The fraction of sp³-hybridized carbons (Fsp3) is 0.538. The number of rotatable bonds is 2. The summed E-state index contributed by atoms with van der Waals surface area (Å²) in [4.78, 5) is 5.64. The molecule has 1 N–H and O–H groups in total. The lowest BCUT2D eigenvalue weighted by molar-refractivity contribution is 0.0880. The van der Waals surface area contributed by atoms with Crippen molar-refractivity contribution in [2.45, 2.75) is 43.7 Å². The lowest BCUT2D eigenvalue weighted by atomic mass is 9.74. The Hall–Kier alpha value is -1.84. The number of nitrogens with zero attached hydrogens (tertiary/aromatic N) is 2. The van der Waals surface area contributed by atoms with Crippen LogP contribution in [-0.2, 0) is 6.42 Å². The molecule has 2 aromatic rings. The topological polar surface area (TPSA) is 18.5 Å². The van der Waals surface area contributed by atoms with E-state index >= 15 is 0 Å². The first-order valence-electron chi connectivity index (χ1n) is 11.7. The summed E-state index contributed by atoms with van der Waals surface area (Å²) in [6.45, 7) is 6.13. The Bertz CT molecular complexity index is 855. The fourth-order valence-corrected chi connectivity index (χ4v) is 7.11. The van der Waals surface area contributed by atoms with Crippen molar-refractivity contribution >= 4 is 5.69 Å². The molecule has 3 nitrogen and oxygen atoms in total. The smallest absolute Gasteiger partial charge is 0.0470 e. The van der Waals surface area contributed by atoms with Crippen molar-refractivity contribution in [1.82, 2.24) is 10.2 Å². The minimum atomic E-state index is 0.347. The van der Waals surface area contributed by atoms with Crippen LogP contribution in [-0.4, -0.2) is 43.2 Å². The summed E-state index contributed by atoms with van der Waals surface area (Å²) in [7, 11) is 0. The maximum atomic E-state index is 3.72. The van der Waals surface area contributed by atoms with E-state index in [1.165, 1.54) is 70.5 Å². The first kappa shape index (κ1) is 18.0. The number of fused-ring (bicyclic) bond motifs is 3. The number of anilines is 1. The molecule has 3 saturated heterocycles. The molecule has 29 heavy (non-hydrogen) atoms. The summed E-state index contributed by atoms with van der Waals surface area (Å²) in [6, 6.07) is 21.1. The van der Waals surface area contributed by atoms with E-state index < -0.39 is 0 Å². The first-order valence-corrected chi connectivity index (χ1v) is 11.7. The lowest BCUT2D eigenvalue weighted by Gasteiger charge is -2.51. The normalized spacial score (nSPS) is 31.0. The molecule has 1 aliphatic carbocycles. The third-order valence-electron chi connectivity index (χ3n) is 8.49. The number of hydrogen-bond donors (Lipinski definition) is 1. The second-order valence-corrected chi connectivity index (χ2v) is 9.72. The summed E-state index contributed by atoms with van der Waals surface area (Å²) < 4.78 is 0. The molecule has 2 aromatic carbocycles. The van der Waals surface area contributed by atoms with Gasteiger partial charge in [-0.05, 0) is 61.3 Å². The largest absolute Gasteiger partial charge is 0.365 e. The SMILES string of the molecule is c1ccc(N2CC3CNCC3C23CCN(C2CCCc4ccccc42)CC3)cc1. The van der Waals surface area contributed by atoms with E-state index in [-0.39, 0.29) is 0 Å². The molecular formula is C26H33N3. The van der Waals surface area contributed by atoms with E-state index in [0.29, 0.717) is 11.6 Å². The highest BCUT2D eigenvalue weighted by molar-refractivity contribution is 5.52. The van der Waals surface area contributed by atoms with Gasteiger partial charge in [-0.25, -0.2) is 0 Å². The van der Waals surface area contributed by atoms with Gasteiger partial charge in [0.25, 0.3) is 0 Å². The van der Waals surface area contributed by atoms with Crippen molar-refractivity contribution in [3.8, 4) is 0 Å². The Balaban J connectivity index is 1.27. The molecule has 4 aliphatic rings. The molecule has 3 unspecified atom stereocenters. The van der Waals surface area contributed by atoms with E-state index in [9.17, 15) is 0 Å². The number of piperidine rings is 1. The standard InChI is InChI=1S/C26H33N3/c1-2-9-22(10-3-1)29-19-21-17-27-18-24(21)26(29)13-15-28(16-14-26)25-12-6-8-20-7-4-5-11-23(20)25/h1-5,7,9-11,21,24-25,27H,6,8,12-19H2. The number of benzene rings is 2. The third-order valence-corrected chi connectivity index (χ3v) is 8.49. The molecule has 1 spiro atoms. The van der Waals surface area contributed by atoms with Crippen LogP contribution in [0.25, 0.3) is 0 Å². The van der Waals surface area contributed by atoms with Gasteiger partial charge in [-0.15, -0.1) is 0 Å². The van der Waals surface area contributed by atoms with E-state index in [1.54, 1.807) is 11.1 Å². The molecular weight excluding hydrogens is 354 g/mol. The molecule has 152 valence electrons. The Morgan fingerprint density at radius 2 is 1.69 bits per heavy atom. The van der Waals surface area contributed by atoms with Gasteiger partial charge in [0.1, 0.15) is 0 Å². The van der Waals surface area contributed by atoms with Crippen molar-refractivity contribution in [2.75, 3.05) is 37.6 Å². The molecule has 0 amide bonds. The minimum absolute atomic E-state index is 0.347. The van der Waals surface area contributed by atoms with Gasteiger partial charge in [-0.3, -0.25) is 4.90 Å². The Labute approximate surface area is 175 Å². The van der Waals surface area contributed by atoms with Crippen LogP contribution in [0.4, 0.5) is 5.69 Å². The Morgan fingerprint density at radius 3 is 2.55 bits per heavy atom. The van der Waals surface area contributed by atoms with Crippen molar-refractivity contribution in [3.63, 3.8) is 0 Å². The van der Waals surface area contributed by atoms with Crippen LogP contribution < -0.4 is 10.2 Å². The van der Waals surface area contributed by atoms with Gasteiger partial charge in [-0.1, -0.05) is 42.5 Å². The van der Waals surface area contributed by atoms with E-state index in [2.05, 4.69) is 69.7 Å². The minimum Gasteiger partial charge on any atom is -0.365 e. The van der Waals surface area contributed by atoms with Crippen LogP contribution in [0, 0.1) is 11.8 Å². The Morgan fingerprint density at radius 1 is 0.897 bits per heavy atom. The number of likely N-dealkylation sites (tertiary alicyclic amines) is 1. The van der Waals surface area contributed by atoms with Crippen LogP contribution in [0.1, 0.15) is 42.9 Å². The average Bonchev–Trinajstić information content (AvgIpc) is 3.37. The Kier molecular flexibility index (Phi) is 4.42. The van der Waals surface area contributed by atoms with Crippen LogP contribution in [0.15, 0.2) is 54.6 Å². The third kappa shape index (κ3) is 2.85. The van der Waals surface area contributed by atoms with Gasteiger partial charge in [0.15, 0.2) is 0 Å². The molecule has 0 saturated carbocycles. The second kappa shape index (κ2) is 7.14. The monoisotopic (exact) mass is 387 g/mol. The first-order chi connectivity index (χ1) is 14.4. The lowest BCUT2D eigenvalue weighted by Crippen LogP contribution is -2.57. The van der Waals surface area contributed by atoms with E-state index in [1.807, 2.05) is 0 Å². The molecule has 0 bridgehead atoms. The number of para-hydroxylation sites is 1. The van der Waals surface area contributed by atoms with E-state index in [0.717, 1.165) is 11.8 Å². The zero-order valence-corrected chi connectivity index (χ0v) is 17.4. The molecule has 3 atom stereocenters. The molecule has 0 radical (unpaired) electrons. The number of nitrogens with one attached hydrogen (secondary N) is 1. The van der Waals surface area contributed by atoms with Crippen molar-refractivity contribution in [2.24, 2.45) is 11.8 Å². The quantitative estimate of drug-likeness (QED) is 0.831. The maximum absolute atomic E-state index is 3.72. The van der Waals surface area contributed by atoms with Gasteiger partial charge in [0, 0.05) is 55.9 Å². The summed E-state index contributed by atoms with van der Waals surface area (Å²) in [5.41, 5.74) is 5.00. The average molecular weight is 388 g/mol. The summed E-state index contributed by atoms with van der Waals surface area (Å²) >= 11 is 0. The predicted molar refractivity (Wildman–Crippen MR) is 119 cm³/mol. The molecule has 3 fully saturated rings. The highest BCUT2D eigenvalue weighted by Crippen LogP contribution is 2.50. The van der Waals surface area contributed by atoms with Crippen LogP contribution in [0.3, 0.4) is 0 Å². The van der Waals surface area contributed by atoms with Gasteiger partial charge < -0.3 is 10.2 Å². The van der Waals surface area contributed by atoms with Crippen molar-refractivity contribution in [1.29, 1.82) is 0 Å². The molecule has 3 heteroatoms. The number of aryl methyl sites for hydroxylation is 1. The highest BCUT2D eigenvalue weighted by Gasteiger charge is 2.56. The van der Waals surface area contributed by atoms with Gasteiger partial charge >= 0.3 is 0 Å². The number of hydrogen-bond acceptors (Lipinski definition) is 3. The van der Waals surface area contributed by atoms with Crippen molar-refractivity contribution < 1.29 is 0 Å².